The smallest absolute Gasteiger partial charge is 0.271 e. The van der Waals surface area contributed by atoms with E-state index < -0.39 is 22.7 Å². The molecule has 124 valence electrons. The highest BCUT2D eigenvalue weighted by Crippen LogP contribution is 2.26. The van der Waals surface area contributed by atoms with Gasteiger partial charge in [-0.05, 0) is 30.5 Å². The minimum atomic E-state index is -0.900. The molecular formula is C16H12F2N2O2S2. The van der Waals surface area contributed by atoms with E-state index in [4.69, 9.17) is 0 Å². The molecule has 4 nitrogen and oxygen atoms in total. The van der Waals surface area contributed by atoms with Gasteiger partial charge in [0, 0.05) is 13.1 Å². The summed E-state index contributed by atoms with van der Waals surface area (Å²) in [5, 5.41) is 1.46. The molecule has 0 N–H and O–H groups in total. The van der Waals surface area contributed by atoms with Crippen molar-refractivity contribution < 1.29 is 13.6 Å². The van der Waals surface area contributed by atoms with Crippen LogP contribution in [0, 0.1) is 11.6 Å². The van der Waals surface area contributed by atoms with Gasteiger partial charge in [-0.15, -0.1) is 11.3 Å². The minimum absolute atomic E-state index is 0.182. The largest absolute Gasteiger partial charge is 0.293 e. The molecule has 0 aliphatic rings. The van der Waals surface area contributed by atoms with Crippen LogP contribution in [0.5, 0.6) is 0 Å². The molecule has 0 saturated heterocycles. The van der Waals surface area contributed by atoms with Gasteiger partial charge in [0.1, 0.15) is 16.3 Å². The van der Waals surface area contributed by atoms with Gasteiger partial charge < -0.3 is 0 Å². The predicted octanol–water partition coefficient (Wildman–Crippen LogP) is 3.64. The number of benzene rings is 1. The molecule has 0 unspecified atom stereocenters. The maximum atomic E-state index is 13.8. The van der Waals surface area contributed by atoms with Gasteiger partial charge in [0.25, 0.3) is 5.56 Å². The Balaban J connectivity index is 1.92. The van der Waals surface area contributed by atoms with Crippen LogP contribution < -0.4 is 5.56 Å². The topological polar surface area (TPSA) is 52.0 Å². The van der Waals surface area contributed by atoms with Gasteiger partial charge in [0.15, 0.2) is 10.9 Å². The third-order valence-corrected chi connectivity index (χ3v) is 5.53. The summed E-state index contributed by atoms with van der Waals surface area (Å²) in [4.78, 5) is 29.0. The third-order valence-electron chi connectivity index (χ3n) is 3.49. The number of fused-ring (bicyclic) bond motifs is 1. The average molecular weight is 366 g/mol. The molecule has 0 aliphatic heterocycles. The second-order valence-corrected chi connectivity index (χ2v) is 7.37. The summed E-state index contributed by atoms with van der Waals surface area (Å²) in [6.45, 7) is 1.60. The molecule has 8 heteroatoms. The van der Waals surface area contributed by atoms with Gasteiger partial charge in [-0.1, -0.05) is 11.8 Å². The third kappa shape index (κ3) is 2.99. The molecule has 0 spiro atoms. The lowest BCUT2D eigenvalue weighted by molar-refractivity contribution is 0.0990. The Labute approximate surface area is 144 Å². The van der Waals surface area contributed by atoms with Crippen LogP contribution in [0.1, 0.15) is 17.3 Å². The SMILES string of the molecule is C[C@@H](Sc1nc2ccsc2c(=O)n1C)C(=O)c1ccc(F)cc1F. The number of thioether (sulfide) groups is 1. The Morgan fingerprint density at radius 2 is 2.08 bits per heavy atom. The lowest BCUT2D eigenvalue weighted by Gasteiger charge is -2.13. The molecule has 0 radical (unpaired) electrons. The van der Waals surface area contributed by atoms with Crippen LogP contribution in [0.2, 0.25) is 0 Å². The molecular weight excluding hydrogens is 354 g/mol. The van der Waals surface area contributed by atoms with E-state index >= 15 is 0 Å². The molecule has 3 rings (SSSR count). The van der Waals surface area contributed by atoms with Crippen molar-refractivity contribution in [2.24, 2.45) is 7.05 Å². The summed E-state index contributed by atoms with van der Waals surface area (Å²) in [5.74, 6) is -2.13. The van der Waals surface area contributed by atoms with E-state index in [0.717, 1.165) is 23.9 Å². The van der Waals surface area contributed by atoms with Crippen molar-refractivity contribution >= 4 is 39.1 Å². The number of ketones is 1. The number of halogens is 2. The first-order valence-electron chi connectivity index (χ1n) is 6.98. The fourth-order valence-corrected chi connectivity index (χ4v) is 3.94. The number of hydrogen-bond acceptors (Lipinski definition) is 5. The quantitative estimate of drug-likeness (QED) is 0.402. The minimum Gasteiger partial charge on any atom is -0.293 e. The highest BCUT2D eigenvalue weighted by molar-refractivity contribution is 8.00. The Morgan fingerprint density at radius 1 is 1.33 bits per heavy atom. The number of Topliss-reactive ketones (excluding diaryl/α,β-unsaturated/α-hetero) is 1. The van der Waals surface area contributed by atoms with Gasteiger partial charge in [0.2, 0.25) is 0 Å². The van der Waals surface area contributed by atoms with Crippen molar-refractivity contribution in [3.05, 3.63) is 57.2 Å². The van der Waals surface area contributed by atoms with Crippen LogP contribution in [0.3, 0.4) is 0 Å². The van der Waals surface area contributed by atoms with E-state index in [-0.39, 0.29) is 11.1 Å². The Kier molecular flexibility index (Phi) is 4.51. The van der Waals surface area contributed by atoms with Gasteiger partial charge in [-0.3, -0.25) is 14.2 Å². The average Bonchev–Trinajstić information content (AvgIpc) is 3.00. The van der Waals surface area contributed by atoms with Gasteiger partial charge in [-0.2, -0.15) is 0 Å². The number of thiophene rings is 1. The summed E-state index contributed by atoms with van der Waals surface area (Å²) < 4.78 is 28.7. The zero-order chi connectivity index (χ0) is 17.4. The summed E-state index contributed by atoms with van der Waals surface area (Å²) >= 11 is 2.37. The lowest BCUT2D eigenvalue weighted by Crippen LogP contribution is -2.22. The zero-order valence-electron chi connectivity index (χ0n) is 12.7. The van der Waals surface area contributed by atoms with E-state index in [2.05, 4.69) is 4.98 Å². The van der Waals surface area contributed by atoms with Crippen LogP contribution in [0.4, 0.5) is 8.78 Å². The Morgan fingerprint density at radius 3 is 2.79 bits per heavy atom. The molecule has 0 aliphatic carbocycles. The number of hydrogen-bond donors (Lipinski definition) is 0. The van der Waals surface area contributed by atoms with Gasteiger partial charge in [-0.25, -0.2) is 13.8 Å². The molecule has 2 aromatic heterocycles. The summed E-state index contributed by atoms with van der Waals surface area (Å²) in [7, 11) is 1.58. The van der Waals surface area contributed by atoms with E-state index in [1.807, 2.05) is 0 Å². The number of aromatic nitrogens is 2. The van der Waals surface area contributed by atoms with Crippen molar-refractivity contribution in [3.8, 4) is 0 Å². The predicted molar refractivity (Wildman–Crippen MR) is 90.9 cm³/mol. The Hall–Kier alpha value is -2.06. The van der Waals surface area contributed by atoms with E-state index in [9.17, 15) is 18.4 Å². The monoisotopic (exact) mass is 366 g/mol. The summed E-state index contributed by atoms with van der Waals surface area (Å²) in [6, 6.07) is 4.57. The fraction of sp³-hybridized carbons (Fsp3) is 0.188. The second-order valence-electron chi connectivity index (χ2n) is 5.14. The van der Waals surface area contributed by atoms with E-state index in [0.29, 0.717) is 21.4 Å². The molecule has 3 aromatic rings. The first kappa shape index (κ1) is 16.8. The van der Waals surface area contributed by atoms with Crippen molar-refractivity contribution in [2.75, 3.05) is 0 Å². The maximum Gasteiger partial charge on any atom is 0.271 e. The van der Waals surface area contributed by atoms with Crippen LogP contribution in [0.25, 0.3) is 10.2 Å². The fourth-order valence-electron chi connectivity index (χ4n) is 2.19. The van der Waals surface area contributed by atoms with Crippen molar-refractivity contribution in [1.82, 2.24) is 9.55 Å². The zero-order valence-corrected chi connectivity index (χ0v) is 14.4. The van der Waals surface area contributed by atoms with Crippen molar-refractivity contribution in [3.63, 3.8) is 0 Å². The molecule has 1 atom stereocenters. The van der Waals surface area contributed by atoms with E-state index in [1.54, 1.807) is 25.4 Å². The lowest BCUT2D eigenvalue weighted by atomic mass is 10.1. The van der Waals surface area contributed by atoms with Crippen molar-refractivity contribution in [1.29, 1.82) is 0 Å². The normalized spacial score (nSPS) is 12.5. The van der Waals surface area contributed by atoms with Crippen LogP contribution in [-0.2, 0) is 7.05 Å². The van der Waals surface area contributed by atoms with Gasteiger partial charge in [0.05, 0.1) is 16.3 Å². The first-order chi connectivity index (χ1) is 11.4. The number of rotatable bonds is 4. The molecule has 24 heavy (non-hydrogen) atoms. The highest BCUT2D eigenvalue weighted by atomic mass is 32.2. The molecule has 1 aromatic carbocycles. The van der Waals surface area contributed by atoms with Crippen LogP contribution in [0.15, 0.2) is 39.6 Å². The number of nitrogens with zero attached hydrogens (tertiary/aromatic N) is 2. The van der Waals surface area contributed by atoms with Crippen LogP contribution in [-0.4, -0.2) is 20.6 Å². The number of carbonyl (C=O) groups is 1. The molecule has 0 bridgehead atoms. The molecule has 0 amide bonds. The van der Waals surface area contributed by atoms with Gasteiger partial charge >= 0.3 is 0 Å². The maximum absolute atomic E-state index is 13.8. The van der Waals surface area contributed by atoms with Crippen LogP contribution >= 0.6 is 23.1 Å². The Bertz CT molecular complexity index is 997. The standard InChI is InChI=1S/C16H12F2N2O2S2/c1-8(13(21)10-4-3-9(17)7-11(10)18)24-16-19-12-5-6-23-14(12)15(22)20(16)2/h3-8H,1-2H3/t8-/m1/s1. The molecule has 0 saturated carbocycles. The van der Waals surface area contributed by atoms with E-state index in [1.165, 1.54) is 15.9 Å². The first-order valence-corrected chi connectivity index (χ1v) is 8.74. The molecule has 2 heterocycles. The second kappa shape index (κ2) is 6.45. The highest BCUT2D eigenvalue weighted by Gasteiger charge is 2.22. The summed E-state index contributed by atoms with van der Waals surface area (Å²) in [6.07, 6.45) is 0. The molecule has 0 fully saturated rings. The number of carbonyl (C=O) groups excluding carboxylic acids is 1. The van der Waals surface area contributed by atoms with Crippen molar-refractivity contribution in [2.45, 2.75) is 17.3 Å². The summed E-state index contributed by atoms with van der Waals surface area (Å²) in [5.41, 5.74) is 0.196.